The van der Waals surface area contributed by atoms with E-state index in [0.717, 1.165) is 0 Å². The first-order valence-corrected chi connectivity index (χ1v) is 8.58. The summed E-state index contributed by atoms with van der Waals surface area (Å²) in [6, 6.07) is 5.91. The molecule has 0 atom stereocenters. The van der Waals surface area contributed by atoms with Crippen LogP contribution in [-0.2, 0) is 11.3 Å². The predicted molar refractivity (Wildman–Crippen MR) is 92.1 cm³/mol. The number of aromatic nitrogens is 3. The Kier molecular flexibility index (Phi) is 3.58. The molecular formula is C15H9FN4O2S2. The van der Waals surface area contributed by atoms with E-state index in [1.54, 1.807) is 17.5 Å². The maximum atomic E-state index is 13.2. The van der Waals surface area contributed by atoms with Gasteiger partial charge in [0.15, 0.2) is 5.13 Å². The number of thiophene rings is 1. The van der Waals surface area contributed by atoms with Crippen molar-refractivity contribution in [3.8, 4) is 0 Å². The van der Waals surface area contributed by atoms with E-state index in [2.05, 4.69) is 15.3 Å². The van der Waals surface area contributed by atoms with E-state index >= 15 is 0 Å². The van der Waals surface area contributed by atoms with Crippen molar-refractivity contribution in [3.05, 3.63) is 52.1 Å². The highest BCUT2D eigenvalue weighted by Gasteiger charge is 2.11. The van der Waals surface area contributed by atoms with E-state index in [1.165, 1.54) is 45.7 Å². The number of halogens is 1. The summed E-state index contributed by atoms with van der Waals surface area (Å²) in [5.41, 5.74) is 0.345. The molecule has 1 aromatic carbocycles. The Morgan fingerprint density at radius 2 is 2.21 bits per heavy atom. The molecule has 0 fully saturated rings. The average molecular weight is 360 g/mol. The highest BCUT2D eigenvalue weighted by molar-refractivity contribution is 7.22. The zero-order chi connectivity index (χ0) is 16.7. The number of rotatable bonds is 3. The van der Waals surface area contributed by atoms with Crippen LogP contribution in [0.15, 0.2) is 40.8 Å². The molecule has 120 valence electrons. The van der Waals surface area contributed by atoms with E-state index in [-0.39, 0.29) is 17.9 Å². The number of hydrogen-bond donors (Lipinski definition) is 1. The van der Waals surface area contributed by atoms with Gasteiger partial charge < -0.3 is 5.32 Å². The highest BCUT2D eigenvalue weighted by Crippen LogP contribution is 2.26. The van der Waals surface area contributed by atoms with Gasteiger partial charge in [-0.1, -0.05) is 11.3 Å². The molecule has 0 aliphatic carbocycles. The van der Waals surface area contributed by atoms with Gasteiger partial charge in [0.25, 0.3) is 5.56 Å². The smallest absolute Gasteiger partial charge is 0.262 e. The molecule has 6 nitrogen and oxygen atoms in total. The fourth-order valence-electron chi connectivity index (χ4n) is 2.27. The largest absolute Gasteiger partial charge is 0.300 e. The molecule has 9 heteroatoms. The lowest BCUT2D eigenvalue weighted by atomic mass is 10.3. The lowest BCUT2D eigenvalue weighted by Gasteiger charge is -2.04. The van der Waals surface area contributed by atoms with Gasteiger partial charge in [0.2, 0.25) is 5.91 Å². The minimum Gasteiger partial charge on any atom is -0.300 e. The quantitative estimate of drug-likeness (QED) is 0.609. The number of thiazole rings is 1. The Balaban J connectivity index is 1.56. The Bertz CT molecular complexity index is 1130. The zero-order valence-electron chi connectivity index (χ0n) is 12.0. The molecule has 0 unspecified atom stereocenters. The van der Waals surface area contributed by atoms with Gasteiger partial charge >= 0.3 is 0 Å². The van der Waals surface area contributed by atoms with Crippen molar-refractivity contribution in [2.24, 2.45) is 0 Å². The van der Waals surface area contributed by atoms with Crippen LogP contribution < -0.4 is 10.9 Å². The standard InChI is InChI=1S/C15H9FN4O2S2/c16-8-1-2-10-11(5-8)24-15(18-10)19-12(21)6-20-7-17-13-9(14(20)22)3-4-23-13/h1-5,7H,6H2,(H,18,19,21). The summed E-state index contributed by atoms with van der Waals surface area (Å²) in [5, 5.41) is 5.26. The maximum Gasteiger partial charge on any atom is 0.262 e. The van der Waals surface area contributed by atoms with Gasteiger partial charge in [0, 0.05) is 0 Å². The maximum absolute atomic E-state index is 13.2. The SMILES string of the molecule is O=C(Cn1cnc2sccc2c1=O)Nc1nc2ccc(F)cc2s1. The number of fused-ring (bicyclic) bond motifs is 2. The van der Waals surface area contributed by atoms with Gasteiger partial charge in [-0.25, -0.2) is 14.4 Å². The third-order valence-electron chi connectivity index (χ3n) is 3.36. The molecule has 24 heavy (non-hydrogen) atoms. The second-order valence-electron chi connectivity index (χ2n) is 5.00. The first kappa shape index (κ1) is 14.9. The molecule has 0 aliphatic rings. The third kappa shape index (κ3) is 2.68. The first-order chi connectivity index (χ1) is 11.6. The zero-order valence-corrected chi connectivity index (χ0v) is 13.7. The van der Waals surface area contributed by atoms with E-state index in [9.17, 15) is 14.0 Å². The fraction of sp³-hybridized carbons (Fsp3) is 0.0667. The van der Waals surface area contributed by atoms with Crippen LogP contribution in [0.3, 0.4) is 0 Å². The van der Waals surface area contributed by atoms with Gasteiger partial charge in [0.1, 0.15) is 17.2 Å². The topological polar surface area (TPSA) is 76.9 Å². The molecule has 1 N–H and O–H groups in total. The molecule has 1 amide bonds. The summed E-state index contributed by atoms with van der Waals surface area (Å²) in [6.07, 6.45) is 1.36. The van der Waals surface area contributed by atoms with E-state index in [4.69, 9.17) is 0 Å². The Morgan fingerprint density at radius 1 is 1.33 bits per heavy atom. The molecule has 0 spiro atoms. The molecule has 0 saturated carbocycles. The van der Waals surface area contributed by atoms with Crippen molar-refractivity contribution in [3.63, 3.8) is 0 Å². The van der Waals surface area contributed by atoms with Crippen LogP contribution in [0.25, 0.3) is 20.4 Å². The minimum atomic E-state index is -0.395. The third-order valence-corrected chi connectivity index (χ3v) is 5.12. The number of carbonyl (C=O) groups excluding carboxylic acids is 1. The van der Waals surface area contributed by atoms with Gasteiger partial charge in [0.05, 0.1) is 21.9 Å². The first-order valence-electron chi connectivity index (χ1n) is 6.89. The van der Waals surface area contributed by atoms with Crippen LogP contribution in [-0.4, -0.2) is 20.4 Å². The summed E-state index contributed by atoms with van der Waals surface area (Å²) in [6.45, 7) is -0.165. The van der Waals surface area contributed by atoms with Crippen molar-refractivity contribution in [2.45, 2.75) is 6.54 Å². The average Bonchev–Trinajstić information content (AvgIpc) is 3.16. The van der Waals surface area contributed by atoms with E-state index < -0.39 is 5.91 Å². The normalized spacial score (nSPS) is 11.2. The van der Waals surface area contributed by atoms with Crippen molar-refractivity contribution >= 4 is 54.1 Å². The van der Waals surface area contributed by atoms with Gasteiger partial charge in [-0.05, 0) is 29.6 Å². The molecule has 3 aromatic heterocycles. The number of benzene rings is 1. The van der Waals surface area contributed by atoms with Crippen LogP contribution in [0, 0.1) is 5.82 Å². The van der Waals surface area contributed by atoms with Crippen LogP contribution >= 0.6 is 22.7 Å². The Morgan fingerprint density at radius 3 is 3.08 bits per heavy atom. The van der Waals surface area contributed by atoms with Crippen molar-refractivity contribution in [1.29, 1.82) is 0 Å². The van der Waals surface area contributed by atoms with Crippen LogP contribution in [0.4, 0.5) is 9.52 Å². The number of anilines is 1. The minimum absolute atomic E-state index is 0.165. The highest BCUT2D eigenvalue weighted by atomic mass is 32.1. The van der Waals surface area contributed by atoms with Crippen LogP contribution in [0.5, 0.6) is 0 Å². The van der Waals surface area contributed by atoms with Gasteiger partial charge in [-0.3, -0.25) is 14.2 Å². The lowest BCUT2D eigenvalue weighted by molar-refractivity contribution is -0.116. The monoisotopic (exact) mass is 360 g/mol. The second kappa shape index (κ2) is 5.77. The summed E-state index contributed by atoms with van der Waals surface area (Å²) in [5.74, 6) is -0.751. The molecule has 0 saturated heterocycles. The Hall–Kier alpha value is -2.65. The Labute approximate surface area is 142 Å². The molecule has 4 aromatic rings. The summed E-state index contributed by atoms with van der Waals surface area (Å²) < 4.78 is 15.1. The summed E-state index contributed by atoms with van der Waals surface area (Å²) in [7, 11) is 0. The van der Waals surface area contributed by atoms with Crippen molar-refractivity contribution < 1.29 is 9.18 Å². The molecular weight excluding hydrogens is 351 g/mol. The number of hydrogen-bond acceptors (Lipinski definition) is 6. The predicted octanol–water partition coefficient (Wildman–Crippen LogP) is 2.85. The lowest BCUT2D eigenvalue weighted by Crippen LogP contribution is -2.27. The van der Waals surface area contributed by atoms with Crippen LogP contribution in [0.1, 0.15) is 0 Å². The van der Waals surface area contributed by atoms with Crippen molar-refractivity contribution in [2.75, 3.05) is 5.32 Å². The van der Waals surface area contributed by atoms with Gasteiger partial charge in [-0.2, -0.15) is 0 Å². The molecule has 0 aliphatic heterocycles. The van der Waals surface area contributed by atoms with Crippen LogP contribution in [0.2, 0.25) is 0 Å². The van der Waals surface area contributed by atoms with Crippen molar-refractivity contribution in [1.82, 2.24) is 14.5 Å². The van der Waals surface area contributed by atoms with E-state index in [1.807, 2.05) is 0 Å². The molecule has 4 rings (SSSR count). The van der Waals surface area contributed by atoms with Gasteiger partial charge in [-0.15, -0.1) is 11.3 Å². The summed E-state index contributed by atoms with van der Waals surface area (Å²) >= 11 is 2.55. The number of carbonyl (C=O) groups is 1. The molecule has 0 radical (unpaired) electrons. The van der Waals surface area contributed by atoms with E-state index in [0.29, 0.717) is 25.6 Å². The molecule has 3 heterocycles. The number of amides is 1. The fourth-order valence-corrected chi connectivity index (χ4v) is 3.90. The second-order valence-corrected chi connectivity index (χ2v) is 6.92. The molecule has 0 bridgehead atoms. The number of nitrogens with zero attached hydrogens (tertiary/aromatic N) is 3. The number of nitrogens with one attached hydrogen (secondary N) is 1. The summed E-state index contributed by atoms with van der Waals surface area (Å²) in [4.78, 5) is 33.4.